The van der Waals surface area contributed by atoms with Crippen LogP contribution in [0.1, 0.15) is 36.1 Å². The van der Waals surface area contributed by atoms with Gasteiger partial charge in [0, 0.05) is 5.69 Å². The molecule has 4 rings (SSSR count). The molecule has 0 bridgehead atoms. The van der Waals surface area contributed by atoms with Crippen LogP contribution < -0.4 is 10.1 Å². The summed E-state index contributed by atoms with van der Waals surface area (Å²) in [6, 6.07) is 24.4. The summed E-state index contributed by atoms with van der Waals surface area (Å²) in [5.41, 5.74) is 2.52. The predicted octanol–water partition coefficient (Wildman–Crippen LogP) is 5.47. The highest BCUT2D eigenvalue weighted by Crippen LogP contribution is 2.35. The molecule has 1 fully saturated rings. The minimum absolute atomic E-state index is 0.107. The van der Waals surface area contributed by atoms with Crippen LogP contribution in [0.5, 0.6) is 5.75 Å². The van der Waals surface area contributed by atoms with Crippen molar-refractivity contribution in [3.05, 3.63) is 95.0 Å². The molecule has 5 nitrogen and oxygen atoms in total. The summed E-state index contributed by atoms with van der Waals surface area (Å²) in [5.74, 6) is 0.626. The van der Waals surface area contributed by atoms with Crippen molar-refractivity contribution in [1.82, 2.24) is 4.90 Å². The summed E-state index contributed by atoms with van der Waals surface area (Å²) in [6.07, 6.45) is 1.15. The van der Waals surface area contributed by atoms with Gasteiger partial charge in [0.05, 0.1) is 18.2 Å². The topological polar surface area (TPSA) is 61.8 Å². The van der Waals surface area contributed by atoms with Crippen molar-refractivity contribution >= 4 is 23.2 Å². The summed E-state index contributed by atoms with van der Waals surface area (Å²) < 4.78 is 5.20. The SMILES string of the molecule is COc1ccc(NC(=O)C(c2ccccc2)N2CCC(C(O)c3ccccc3)CC2)cc1Cl. The molecule has 1 aliphatic rings. The third kappa shape index (κ3) is 5.56. The number of aliphatic hydroxyl groups is 1. The number of nitrogens with zero attached hydrogens (tertiary/aromatic N) is 1. The van der Waals surface area contributed by atoms with E-state index in [1.807, 2.05) is 60.7 Å². The maximum atomic E-state index is 13.4. The summed E-state index contributed by atoms with van der Waals surface area (Å²) in [4.78, 5) is 15.6. The number of carbonyl (C=O) groups is 1. The number of anilines is 1. The molecule has 2 N–H and O–H groups in total. The van der Waals surface area contributed by atoms with Gasteiger partial charge in [-0.15, -0.1) is 0 Å². The Kier molecular flexibility index (Phi) is 7.65. The van der Waals surface area contributed by atoms with Gasteiger partial charge in [-0.05, 0) is 61.2 Å². The number of aliphatic hydroxyl groups excluding tert-OH is 1. The Bertz CT molecular complexity index is 1050. The molecule has 1 amide bonds. The second-order valence-electron chi connectivity index (χ2n) is 8.38. The number of methoxy groups -OCH3 is 1. The van der Waals surface area contributed by atoms with Crippen LogP contribution in [-0.4, -0.2) is 36.1 Å². The summed E-state index contributed by atoms with van der Waals surface area (Å²) >= 11 is 6.24. The predicted molar refractivity (Wildman–Crippen MR) is 132 cm³/mol. The summed E-state index contributed by atoms with van der Waals surface area (Å²) in [6.45, 7) is 1.45. The monoisotopic (exact) mass is 464 g/mol. The number of halogens is 1. The van der Waals surface area contributed by atoms with E-state index in [1.165, 1.54) is 0 Å². The van der Waals surface area contributed by atoms with Crippen molar-refractivity contribution in [3.63, 3.8) is 0 Å². The molecule has 1 heterocycles. The second-order valence-corrected chi connectivity index (χ2v) is 8.79. The van der Waals surface area contributed by atoms with E-state index in [1.54, 1.807) is 25.3 Å². The van der Waals surface area contributed by atoms with Gasteiger partial charge in [-0.3, -0.25) is 9.69 Å². The average Bonchev–Trinajstić information content (AvgIpc) is 2.85. The summed E-state index contributed by atoms with van der Waals surface area (Å²) in [7, 11) is 1.56. The molecular formula is C27H29ClN2O3. The van der Waals surface area contributed by atoms with Crippen molar-refractivity contribution in [3.8, 4) is 5.75 Å². The zero-order valence-corrected chi connectivity index (χ0v) is 19.4. The molecule has 3 aromatic rings. The van der Waals surface area contributed by atoms with E-state index >= 15 is 0 Å². The van der Waals surface area contributed by atoms with Crippen LogP contribution in [-0.2, 0) is 4.79 Å². The Balaban J connectivity index is 1.49. The number of ether oxygens (including phenoxy) is 1. The average molecular weight is 465 g/mol. The Morgan fingerprint density at radius 2 is 1.61 bits per heavy atom. The zero-order chi connectivity index (χ0) is 23.2. The number of hydrogen-bond donors (Lipinski definition) is 2. The lowest BCUT2D eigenvalue weighted by Crippen LogP contribution is -2.43. The van der Waals surface area contributed by atoms with Crippen LogP contribution in [0.15, 0.2) is 78.9 Å². The van der Waals surface area contributed by atoms with Gasteiger partial charge in [0.2, 0.25) is 5.91 Å². The lowest BCUT2D eigenvalue weighted by molar-refractivity contribution is -0.122. The van der Waals surface area contributed by atoms with Gasteiger partial charge in [-0.2, -0.15) is 0 Å². The highest BCUT2D eigenvalue weighted by molar-refractivity contribution is 6.32. The zero-order valence-electron chi connectivity index (χ0n) is 18.7. The van der Waals surface area contributed by atoms with E-state index in [2.05, 4.69) is 10.2 Å². The maximum Gasteiger partial charge on any atom is 0.246 e. The smallest absolute Gasteiger partial charge is 0.246 e. The number of likely N-dealkylation sites (tertiary alicyclic amines) is 1. The van der Waals surface area contributed by atoms with Gasteiger partial charge in [-0.25, -0.2) is 0 Å². The molecular weight excluding hydrogens is 436 g/mol. The molecule has 0 aromatic heterocycles. The van der Waals surface area contributed by atoms with Gasteiger partial charge >= 0.3 is 0 Å². The molecule has 2 unspecified atom stereocenters. The van der Waals surface area contributed by atoms with Crippen molar-refractivity contribution in [2.24, 2.45) is 5.92 Å². The van der Waals surface area contributed by atoms with Crippen LogP contribution in [0.4, 0.5) is 5.69 Å². The number of amides is 1. The van der Waals surface area contributed by atoms with E-state index in [4.69, 9.17) is 16.3 Å². The van der Waals surface area contributed by atoms with E-state index in [0.717, 1.165) is 37.1 Å². The lowest BCUT2D eigenvalue weighted by Gasteiger charge is -2.38. The van der Waals surface area contributed by atoms with Crippen LogP contribution in [0, 0.1) is 5.92 Å². The Hall–Kier alpha value is -2.86. The molecule has 2 atom stereocenters. The van der Waals surface area contributed by atoms with Gasteiger partial charge in [0.15, 0.2) is 0 Å². The van der Waals surface area contributed by atoms with Crippen molar-refractivity contribution < 1.29 is 14.6 Å². The minimum atomic E-state index is -0.487. The molecule has 33 heavy (non-hydrogen) atoms. The fraction of sp³-hybridized carbons (Fsp3) is 0.296. The first-order chi connectivity index (χ1) is 16.1. The largest absolute Gasteiger partial charge is 0.495 e. The van der Waals surface area contributed by atoms with Crippen LogP contribution in [0.2, 0.25) is 5.02 Å². The normalized spacial score (nSPS) is 16.7. The number of hydrogen-bond acceptors (Lipinski definition) is 4. The van der Waals surface area contributed by atoms with E-state index in [-0.39, 0.29) is 11.8 Å². The first-order valence-corrected chi connectivity index (χ1v) is 11.6. The van der Waals surface area contributed by atoms with Gasteiger partial charge in [-0.1, -0.05) is 72.3 Å². The third-order valence-electron chi connectivity index (χ3n) is 6.31. The van der Waals surface area contributed by atoms with Gasteiger partial charge in [0.1, 0.15) is 11.8 Å². The minimum Gasteiger partial charge on any atom is -0.495 e. The Morgan fingerprint density at radius 1 is 1.00 bits per heavy atom. The van der Waals surface area contributed by atoms with Gasteiger partial charge < -0.3 is 15.2 Å². The van der Waals surface area contributed by atoms with Crippen molar-refractivity contribution in [2.45, 2.75) is 25.0 Å². The fourth-order valence-corrected chi connectivity index (χ4v) is 4.79. The highest BCUT2D eigenvalue weighted by Gasteiger charge is 2.33. The maximum absolute atomic E-state index is 13.4. The van der Waals surface area contributed by atoms with Crippen molar-refractivity contribution in [1.29, 1.82) is 0 Å². The first kappa shape index (κ1) is 23.3. The van der Waals surface area contributed by atoms with Crippen LogP contribution in [0.25, 0.3) is 0 Å². The highest BCUT2D eigenvalue weighted by atomic mass is 35.5. The molecule has 3 aromatic carbocycles. The number of benzene rings is 3. The quantitative estimate of drug-likeness (QED) is 0.486. The van der Waals surface area contributed by atoms with Crippen LogP contribution in [0.3, 0.4) is 0 Å². The molecule has 172 valence electrons. The lowest BCUT2D eigenvalue weighted by atomic mass is 9.86. The molecule has 0 radical (unpaired) electrons. The number of nitrogens with one attached hydrogen (secondary N) is 1. The van der Waals surface area contributed by atoms with E-state index in [0.29, 0.717) is 16.5 Å². The molecule has 1 saturated heterocycles. The van der Waals surface area contributed by atoms with E-state index in [9.17, 15) is 9.90 Å². The fourth-order valence-electron chi connectivity index (χ4n) is 4.53. The van der Waals surface area contributed by atoms with E-state index < -0.39 is 12.1 Å². The Labute approximate surface area is 200 Å². The first-order valence-electron chi connectivity index (χ1n) is 11.2. The molecule has 0 saturated carbocycles. The number of carbonyl (C=O) groups excluding carboxylic acids is 1. The molecule has 6 heteroatoms. The summed E-state index contributed by atoms with van der Waals surface area (Å²) in [5, 5.41) is 14.3. The number of rotatable bonds is 7. The third-order valence-corrected chi connectivity index (χ3v) is 6.61. The standard InChI is InChI=1S/C27H29ClN2O3/c1-33-24-13-12-22(18-23(24)28)29-27(32)25(19-8-4-2-5-9-19)30-16-14-21(15-17-30)26(31)20-10-6-3-7-11-20/h2-13,18,21,25-26,31H,14-17H2,1H3,(H,29,32). The van der Waals surface area contributed by atoms with Crippen LogP contribution >= 0.6 is 11.6 Å². The molecule has 0 aliphatic carbocycles. The van der Waals surface area contributed by atoms with Crippen molar-refractivity contribution in [2.75, 3.05) is 25.5 Å². The number of piperidine rings is 1. The van der Waals surface area contributed by atoms with Gasteiger partial charge in [0.25, 0.3) is 0 Å². The second kappa shape index (κ2) is 10.8. The molecule has 0 spiro atoms. The Morgan fingerprint density at radius 3 is 2.18 bits per heavy atom. The molecule has 1 aliphatic heterocycles.